The summed E-state index contributed by atoms with van der Waals surface area (Å²) < 4.78 is 1.48. The SMILES string of the molecule is CC(C)CCC[C@@H](C)C[CH2][Mg][Br]. The van der Waals surface area contributed by atoms with E-state index in [2.05, 4.69) is 33.7 Å². The van der Waals surface area contributed by atoms with Crippen LogP contribution in [-0.2, 0) is 0 Å². The van der Waals surface area contributed by atoms with Gasteiger partial charge < -0.3 is 12.9 Å². The molecule has 0 radical (unpaired) electrons. The van der Waals surface area contributed by atoms with Gasteiger partial charge in [0.1, 0.15) is 0 Å². The third-order valence-electron chi connectivity index (χ3n) is 2.31. The van der Waals surface area contributed by atoms with Gasteiger partial charge in [0.15, 0.2) is 0 Å². The second-order valence-corrected chi connectivity index (χ2v) is 7.73. The van der Waals surface area contributed by atoms with Crippen LogP contribution in [0.15, 0.2) is 0 Å². The van der Waals surface area contributed by atoms with Gasteiger partial charge in [0, 0.05) is 0 Å². The molecule has 0 saturated heterocycles. The molecule has 1 atom stereocenters. The minimum absolute atomic E-state index is 0.145. The maximum atomic E-state index is 3.61. The Morgan fingerprint density at radius 2 is 1.75 bits per heavy atom. The lowest BCUT2D eigenvalue weighted by Gasteiger charge is -2.10. The van der Waals surface area contributed by atoms with E-state index < -0.39 is 0 Å². The van der Waals surface area contributed by atoms with Crippen molar-refractivity contribution in [2.75, 3.05) is 0 Å². The molecule has 70 valence electrons. The number of hydrogen-bond donors (Lipinski definition) is 0. The Morgan fingerprint density at radius 1 is 1.08 bits per heavy atom. The minimum atomic E-state index is 0.145. The lowest BCUT2D eigenvalue weighted by Crippen LogP contribution is -1.97. The van der Waals surface area contributed by atoms with Crippen LogP contribution < -0.4 is 0 Å². The first-order valence-electron chi connectivity index (χ1n) is 5.22. The largest absolute Gasteiger partial charge is 0.468 e. The van der Waals surface area contributed by atoms with Crippen molar-refractivity contribution in [2.45, 2.75) is 51.0 Å². The quantitative estimate of drug-likeness (QED) is 0.588. The minimum Gasteiger partial charge on any atom is -0.307 e. The van der Waals surface area contributed by atoms with Crippen molar-refractivity contribution >= 4 is 31.1 Å². The molecule has 0 aliphatic heterocycles. The fraction of sp³-hybridized carbons (Fsp3) is 1.00. The molecule has 0 bridgehead atoms. The predicted octanol–water partition coefficient (Wildman–Crippen LogP) is 4.27. The summed E-state index contributed by atoms with van der Waals surface area (Å²) in [5, 5.41) is 0. The third-order valence-corrected chi connectivity index (χ3v) is 4.67. The Hall–Kier alpha value is 1.25. The summed E-state index contributed by atoms with van der Waals surface area (Å²) in [5.74, 6) is 1.86. The highest BCUT2D eigenvalue weighted by Crippen LogP contribution is 2.16. The third kappa shape index (κ3) is 9.34. The van der Waals surface area contributed by atoms with E-state index in [9.17, 15) is 0 Å². The summed E-state index contributed by atoms with van der Waals surface area (Å²) in [6.07, 6.45) is 5.74. The maximum Gasteiger partial charge on any atom is 0.468 e. The Labute approximate surface area is 93.5 Å². The van der Waals surface area contributed by atoms with Crippen LogP contribution in [0.2, 0.25) is 4.55 Å². The van der Waals surface area contributed by atoms with Gasteiger partial charge in [-0.05, 0) is 11.8 Å². The summed E-state index contributed by atoms with van der Waals surface area (Å²) in [4.78, 5) is 0. The van der Waals surface area contributed by atoms with Crippen molar-refractivity contribution in [1.29, 1.82) is 0 Å². The van der Waals surface area contributed by atoms with Crippen molar-refractivity contribution in [3.05, 3.63) is 0 Å². The molecule has 12 heavy (non-hydrogen) atoms. The molecule has 2 heteroatoms. The fourth-order valence-electron chi connectivity index (χ4n) is 1.44. The van der Waals surface area contributed by atoms with E-state index in [0.717, 1.165) is 11.8 Å². The van der Waals surface area contributed by atoms with E-state index in [4.69, 9.17) is 0 Å². The van der Waals surface area contributed by atoms with E-state index in [1.54, 1.807) is 0 Å². The first-order chi connectivity index (χ1) is 5.66. The Kier molecular flexibility index (Phi) is 9.74. The van der Waals surface area contributed by atoms with E-state index in [1.807, 2.05) is 0 Å². The van der Waals surface area contributed by atoms with Crippen LogP contribution in [0, 0.1) is 11.8 Å². The molecule has 0 saturated carbocycles. The molecule has 0 aliphatic carbocycles. The van der Waals surface area contributed by atoms with Gasteiger partial charge in [0.25, 0.3) is 0 Å². The molecule has 0 amide bonds. The highest BCUT2D eigenvalue weighted by molar-refractivity contribution is 9.23. The first-order valence-corrected chi connectivity index (χ1v) is 10.1. The summed E-state index contributed by atoms with van der Waals surface area (Å²) in [7, 11) is 0. The summed E-state index contributed by atoms with van der Waals surface area (Å²) >= 11 is 3.75. The van der Waals surface area contributed by atoms with Gasteiger partial charge in [0.05, 0.1) is 0 Å². The van der Waals surface area contributed by atoms with Crippen LogP contribution in [0.5, 0.6) is 0 Å². The van der Waals surface area contributed by atoms with E-state index in [0.29, 0.717) is 0 Å². The molecule has 0 aliphatic rings. The smallest absolute Gasteiger partial charge is 0.307 e. The van der Waals surface area contributed by atoms with Crippen LogP contribution in [-0.4, -0.2) is 18.2 Å². The van der Waals surface area contributed by atoms with E-state index in [1.165, 1.54) is 30.2 Å². The number of halogens is 1. The average molecular weight is 245 g/mol. The second kappa shape index (κ2) is 8.83. The van der Waals surface area contributed by atoms with Crippen LogP contribution in [0.1, 0.15) is 46.5 Å². The van der Waals surface area contributed by atoms with E-state index in [-0.39, 0.29) is 18.2 Å². The highest BCUT2D eigenvalue weighted by Gasteiger charge is 2.02. The summed E-state index contributed by atoms with van der Waals surface area (Å²) in [5.41, 5.74) is 0. The second-order valence-electron chi connectivity index (χ2n) is 4.26. The van der Waals surface area contributed by atoms with Gasteiger partial charge in [-0.3, -0.25) is 0 Å². The van der Waals surface area contributed by atoms with Crippen molar-refractivity contribution in [3.63, 3.8) is 0 Å². The van der Waals surface area contributed by atoms with Gasteiger partial charge in [-0.15, -0.1) is 4.55 Å². The molecule has 0 fully saturated rings. The predicted molar refractivity (Wildman–Crippen MR) is 62.0 cm³/mol. The molecular formula is C10H21BrMg. The zero-order chi connectivity index (χ0) is 9.40. The molecule has 0 aromatic rings. The zero-order valence-corrected chi connectivity index (χ0v) is 11.8. The topological polar surface area (TPSA) is 0 Å². The first kappa shape index (κ1) is 13.2. The standard InChI is InChI=1S/C10H21.BrH.Mg/c1-5-10(4)8-6-7-9(2)3;;/h9-10H,1,5-8H2,2-4H3;1H;/q;;+1/p-1/t10-;;/m0../s1. The van der Waals surface area contributed by atoms with Crippen LogP contribution in [0.4, 0.5) is 0 Å². The Morgan fingerprint density at radius 3 is 2.25 bits per heavy atom. The molecule has 0 aromatic heterocycles. The molecular weight excluding hydrogens is 224 g/mol. The van der Waals surface area contributed by atoms with E-state index >= 15 is 0 Å². The van der Waals surface area contributed by atoms with Gasteiger partial charge in [0.2, 0.25) is 0 Å². The average Bonchev–Trinajstić information content (AvgIpc) is 2.00. The normalized spacial score (nSPS) is 13.1. The monoisotopic (exact) mass is 244 g/mol. The zero-order valence-electron chi connectivity index (χ0n) is 8.78. The van der Waals surface area contributed by atoms with Crippen LogP contribution in [0.25, 0.3) is 0 Å². The molecule has 0 rings (SSSR count). The maximum absolute atomic E-state index is 3.61. The molecule has 0 spiro atoms. The van der Waals surface area contributed by atoms with Crippen molar-refractivity contribution in [3.8, 4) is 0 Å². The highest BCUT2D eigenvalue weighted by atomic mass is 79.9. The van der Waals surface area contributed by atoms with Gasteiger partial charge >= 0.3 is 18.2 Å². The molecule has 0 aromatic carbocycles. The van der Waals surface area contributed by atoms with Gasteiger partial charge in [-0.2, -0.15) is 0 Å². The Balaban J connectivity index is 3.13. The van der Waals surface area contributed by atoms with Crippen LogP contribution in [0.3, 0.4) is 0 Å². The lowest BCUT2D eigenvalue weighted by atomic mass is 9.98. The number of rotatable bonds is 7. The van der Waals surface area contributed by atoms with Crippen LogP contribution >= 0.6 is 12.9 Å². The molecule has 0 unspecified atom stereocenters. The van der Waals surface area contributed by atoms with Gasteiger partial charge in [-0.25, -0.2) is 0 Å². The van der Waals surface area contributed by atoms with Crippen molar-refractivity contribution < 1.29 is 0 Å². The number of hydrogen-bond acceptors (Lipinski definition) is 0. The molecule has 0 heterocycles. The van der Waals surface area contributed by atoms with Crippen molar-refractivity contribution in [2.24, 2.45) is 11.8 Å². The summed E-state index contributed by atoms with van der Waals surface area (Å²) in [6, 6.07) is 0. The fourth-order valence-corrected chi connectivity index (χ4v) is 3.27. The molecule has 0 nitrogen and oxygen atoms in total. The molecule has 0 N–H and O–H groups in total. The van der Waals surface area contributed by atoms with Gasteiger partial charge in [-0.1, -0.05) is 46.5 Å². The summed E-state index contributed by atoms with van der Waals surface area (Å²) in [6.45, 7) is 7.03. The lowest BCUT2D eigenvalue weighted by molar-refractivity contribution is 0.449. The Bertz CT molecular complexity index is 93.8. The van der Waals surface area contributed by atoms with Crippen molar-refractivity contribution in [1.82, 2.24) is 0 Å².